The van der Waals surface area contributed by atoms with Crippen molar-refractivity contribution in [2.45, 2.75) is 32.5 Å². The van der Waals surface area contributed by atoms with Crippen molar-refractivity contribution in [2.75, 3.05) is 26.8 Å². The van der Waals surface area contributed by atoms with Gasteiger partial charge in [0.1, 0.15) is 17.3 Å². The van der Waals surface area contributed by atoms with Crippen LogP contribution in [-0.4, -0.2) is 54.6 Å². The van der Waals surface area contributed by atoms with Crippen LogP contribution >= 0.6 is 0 Å². The molecule has 2 atom stereocenters. The average molecular weight is 437 g/mol. The van der Waals surface area contributed by atoms with Gasteiger partial charge in [0.05, 0.1) is 7.11 Å². The Morgan fingerprint density at radius 1 is 0.938 bits per heavy atom. The lowest BCUT2D eigenvalue weighted by molar-refractivity contribution is -0.139. The zero-order chi connectivity index (χ0) is 22.7. The minimum absolute atomic E-state index is 0.00446. The Kier molecular flexibility index (Phi) is 6.61. The molecule has 1 fully saturated rings. The maximum Gasteiger partial charge on any atom is 0.260 e. The third-order valence-corrected chi connectivity index (χ3v) is 6.12. The highest BCUT2D eigenvalue weighted by molar-refractivity contribution is 5.85. The Bertz CT molecular complexity index is 1090. The Labute approximate surface area is 188 Å². The molecule has 4 rings (SSSR count). The predicted octanol–water partition coefficient (Wildman–Crippen LogP) is 4.49. The number of fused-ring (bicyclic) bond motifs is 1. The monoisotopic (exact) mass is 436 g/mol. The maximum absolute atomic E-state index is 13.2. The van der Waals surface area contributed by atoms with Gasteiger partial charge in [-0.2, -0.15) is 0 Å². The molecule has 0 unspecified atom stereocenters. The van der Waals surface area contributed by atoms with Crippen LogP contribution < -0.4 is 9.47 Å². The quantitative estimate of drug-likeness (QED) is 0.571. The minimum atomic E-state index is -0.226. The first-order valence-electron chi connectivity index (χ1n) is 10.9. The number of hydrogen-bond acceptors (Lipinski definition) is 4. The fourth-order valence-corrected chi connectivity index (χ4v) is 4.24. The van der Waals surface area contributed by atoms with Crippen molar-refractivity contribution in [3.05, 3.63) is 72.0 Å². The topological polar surface area (TPSA) is 42.0 Å². The number of methoxy groups -OCH3 is 1. The molecule has 3 aromatic carbocycles. The number of amides is 1. The first kappa shape index (κ1) is 22.1. The Morgan fingerprint density at radius 2 is 1.62 bits per heavy atom. The van der Waals surface area contributed by atoms with E-state index in [0.717, 1.165) is 35.2 Å². The zero-order valence-corrected chi connectivity index (χ0v) is 18.8. The Morgan fingerprint density at radius 3 is 2.34 bits per heavy atom. The molecule has 6 heteroatoms. The number of ether oxygens (including phenoxy) is 2. The molecule has 0 radical (unpaired) electrons. The van der Waals surface area contributed by atoms with Crippen LogP contribution in [0.1, 0.15) is 19.4 Å². The van der Waals surface area contributed by atoms with Crippen molar-refractivity contribution in [3.63, 3.8) is 0 Å². The first-order chi connectivity index (χ1) is 15.4. The lowest BCUT2D eigenvalue weighted by atomic mass is 10.1. The van der Waals surface area contributed by atoms with Crippen LogP contribution in [0.15, 0.2) is 60.7 Å². The predicted molar refractivity (Wildman–Crippen MR) is 123 cm³/mol. The summed E-state index contributed by atoms with van der Waals surface area (Å²) in [5.74, 6) is 1.20. The standard InChI is InChI=1S/C26H29FN2O3/c1-18-15-29(19(2)14-28(18)16-20-4-8-23(27)9-5-20)26(30)17-32-25-11-7-21-6-10-24(31-3)12-22(21)13-25/h4-13,18-19H,14-17H2,1-3H3/t18-,19+/m1/s1. The minimum Gasteiger partial charge on any atom is -0.497 e. The van der Waals surface area contributed by atoms with Gasteiger partial charge in [-0.15, -0.1) is 0 Å². The van der Waals surface area contributed by atoms with Crippen LogP contribution in [0.5, 0.6) is 11.5 Å². The van der Waals surface area contributed by atoms with E-state index in [2.05, 4.69) is 18.7 Å². The summed E-state index contributed by atoms with van der Waals surface area (Å²) in [5.41, 5.74) is 1.07. The van der Waals surface area contributed by atoms with Crippen molar-refractivity contribution in [1.82, 2.24) is 9.80 Å². The lowest BCUT2D eigenvalue weighted by Gasteiger charge is -2.44. The van der Waals surface area contributed by atoms with Crippen molar-refractivity contribution >= 4 is 16.7 Å². The van der Waals surface area contributed by atoms with E-state index in [0.29, 0.717) is 12.3 Å². The van der Waals surface area contributed by atoms with Gasteiger partial charge in [-0.3, -0.25) is 9.69 Å². The fraction of sp³-hybridized carbons (Fsp3) is 0.346. The number of piperazine rings is 1. The second-order valence-electron chi connectivity index (χ2n) is 8.46. The van der Waals surface area contributed by atoms with Gasteiger partial charge in [0, 0.05) is 31.7 Å². The summed E-state index contributed by atoms with van der Waals surface area (Å²) in [4.78, 5) is 17.1. The van der Waals surface area contributed by atoms with Gasteiger partial charge in [0.15, 0.2) is 6.61 Å². The van der Waals surface area contributed by atoms with Crippen molar-refractivity contribution in [2.24, 2.45) is 0 Å². The molecule has 0 aliphatic carbocycles. The van der Waals surface area contributed by atoms with Gasteiger partial charge in [-0.1, -0.05) is 24.3 Å². The van der Waals surface area contributed by atoms with Crippen LogP contribution in [0.4, 0.5) is 4.39 Å². The number of rotatable bonds is 6. The number of carbonyl (C=O) groups is 1. The number of benzene rings is 3. The third-order valence-electron chi connectivity index (χ3n) is 6.12. The molecule has 0 aromatic heterocycles. The van der Waals surface area contributed by atoms with Crippen molar-refractivity contribution in [1.29, 1.82) is 0 Å². The Hall–Kier alpha value is -3.12. The van der Waals surface area contributed by atoms with Crippen LogP contribution in [-0.2, 0) is 11.3 Å². The van der Waals surface area contributed by atoms with E-state index in [1.165, 1.54) is 12.1 Å². The molecule has 1 saturated heterocycles. The highest BCUT2D eigenvalue weighted by Gasteiger charge is 2.32. The summed E-state index contributed by atoms with van der Waals surface area (Å²) in [5, 5.41) is 2.09. The molecule has 0 spiro atoms. The van der Waals surface area contributed by atoms with E-state index in [1.54, 1.807) is 7.11 Å². The van der Waals surface area contributed by atoms with Gasteiger partial charge in [-0.05, 0) is 66.6 Å². The first-order valence-corrected chi connectivity index (χ1v) is 10.9. The van der Waals surface area contributed by atoms with Crippen molar-refractivity contribution in [3.8, 4) is 11.5 Å². The molecule has 0 bridgehead atoms. The molecule has 1 aliphatic rings. The second kappa shape index (κ2) is 9.57. The molecule has 168 valence electrons. The summed E-state index contributed by atoms with van der Waals surface area (Å²) in [7, 11) is 1.64. The van der Waals surface area contributed by atoms with Crippen LogP contribution in [0.3, 0.4) is 0 Å². The van der Waals surface area contributed by atoms with Crippen LogP contribution in [0.2, 0.25) is 0 Å². The molecule has 1 heterocycles. The molecule has 3 aromatic rings. The number of halogens is 1. The van der Waals surface area contributed by atoms with E-state index >= 15 is 0 Å². The molecule has 1 aliphatic heterocycles. The van der Waals surface area contributed by atoms with Crippen LogP contribution in [0.25, 0.3) is 10.8 Å². The van der Waals surface area contributed by atoms with Gasteiger partial charge >= 0.3 is 0 Å². The SMILES string of the molecule is COc1ccc2ccc(OCC(=O)N3C[C@@H](C)N(Cc4ccc(F)cc4)C[C@@H]3C)cc2c1. The molecular weight excluding hydrogens is 407 g/mol. The molecular formula is C26H29FN2O3. The molecule has 1 amide bonds. The zero-order valence-electron chi connectivity index (χ0n) is 18.8. The Balaban J connectivity index is 1.35. The summed E-state index contributed by atoms with van der Waals surface area (Å²) in [6.07, 6.45) is 0. The largest absolute Gasteiger partial charge is 0.497 e. The van der Waals surface area contributed by atoms with Gasteiger partial charge in [-0.25, -0.2) is 4.39 Å². The normalized spacial score (nSPS) is 19.2. The number of hydrogen-bond donors (Lipinski definition) is 0. The van der Waals surface area contributed by atoms with Crippen molar-refractivity contribution < 1.29 is 18.7 Å². The molecule has 0 N–H and O–H groups in total. The molecule has 32 heavy (non-hydrogen) atoms. The number of nitrogens with zero attached hydrogens (tertiary/aromatic N) is 2. The molecule has 5 nitrogen and oxygen atoms in total. The number of carbonyl (C=O) groups excluding carboxylic acids is 1. The summed E-state index contributed by atoms with van der Waals surface area (Å²) >= 11 is 0. The smallest absolute Gasteiger partial charge is 0.260 e. The van der Waals surface area contributed by atoms with E-state index in [9.17, 15) is 9.18 Å². The highest BCUT2D eigenvalue weighted by Crippen LogP contribution is 2.25. The maximum atomic E-state index is 13.2. The fourth-order valence-electron chi connectivity index (χ4n) is 4.24. The lowest BCUT2D eigenvalue weighted by Crippen LogP contribution is -2.58. The summed E-state index contributed by atoms with van der Waals surface area (Å²) in [6.45, 7) is 6.33. The second-order valence-corrected chi connectivity index (χ2v) is 8.46. The van der Waals surface area contributed by atoms with E-state index in [1.807, 2.05) is 53.4 Å². The van der Waals surface area contributed by atoms with E-state index in [4.69, 9.17) is 9.47 Å². The van der Waals surface area contributed by atoms with Gasteiger partial charge in [0.2, 0.25) is 0 Å². The van der Waals surface area contributed by atoms with Gasteiger partial charge < -0.3 is 14.4 Å². The van der Waals surface area contributed by atoms with Crippen LogP contribution in [0, 0.1) is 5.82 Å². The average Bonchev–Trinajstić information content (AvgIpc) is 2.80. The summed E-state index contributed by atoms with van der Waals surface area (Å²) in [6, 6.07) is 18.6. The third kappa shape index (κ3) is 5.02. The highest BCUT2D eigenvalue weighted by atomic mass is 19.1. The van der Waals surface area contributed by atoms with E-state index in [-0.39, 0.29) is 30.4 Å². The van der Waals surface area contributed by atoms with Gasteiger partial charge in [0.25, 0.3) is 5.91 Å². The molecule has 0 saturated carbocycles. The van der Waals surface area contributed by atoms with E-state index < -0.39 is 0 Å². The summed E-state index contributed by atoms with van der Waals surface area (Å²) < 4.78 is 24.3.